The molecule has 1 saturated heterocycles. The first-order chi connectivity index (χ1) is 14.4. The summed E-state index contributed by atoms with van der Waals surface area (Å²) in [6.07, 6.45) is 3.52. The molecule has 1 aliphatic heterocycles. The SMILES string of the molecule is CC(C(=O)Nc1ccc(Cl)cc1N)C1CCN(c2ccnc3ccc(F)cc23)CC1. The number of halogens is 2. The van der Waals surface area contributed by atoms with E-state index in [1.807, 2.05) is 13.0 Å². The van der Waals surface area contributed by atoms with E-state index in [0.29, 0.717) is 16.4 Å². The summed E-state index contributed by atoms with van der Waals surface area (Å²) in [5.41, 5.74) is 8.76. The number of anilines is 3. The molecular formula is C23H24ClFN4O. The smallest absolute Gasteiger partial charge is 0.227 e. The Hall–Kier alpha value is -2.86. The van der Waals surface area contributed by atoms with Crippen molar-refractivity contribution in [2.75, 3.05) is 29.0 Å². The summed E-state index contributed by atoms with van der Waals surface area (Å²) in [6.45, 7) is 3.57. The molecule has 3 aromatic rings. The van der Waals surface area contributed by atoms with Crippen LogP contribution in [0.3, 0.4) is 0 Å². The molecule has 0 spiro atoms. The maximum atomic E-state index is 13.8. The number of rotatable bonds is 4. The van der Waals surface area contributed by atoms with E-state index >= 15 is 0 Å². The molecule has 1 amide bonds. The molecule has 1 aromatic heterocycles. The lowest BCUT2D eigenvalue weighted by molar-refractivity contribution is -0.121. The Morgan fingerprint density at radius 3 is 2.73 bits per heavy atom. The predicted molar refractivity (Wildman–Crippen MR) is 120 cm³/mol. The van der Waals surface area contributed by atoms with Gasteiger partial charge < -0.3 is 16.0 Å². The number of carbonyl (C=O) groups is 1. The number of carbonyl (C=O) groups excluding carboxylic acids is 1. The third-order valence-corrected chi connectivity index (χ3v) is 6.19. The van der Waals surface area contributed by atoms with Gasteiger partial charge in [-0.25, -0.2) is 4.39 Å². The molecule has 1 fully saturated rings. The van der Waals surface area contributed by atoms with Crippen LogP contribution >= 0.6 is 11.6 Å². The summed E-state index contributed by atoms with van der Waals surface area (Å²) >= 11 is 5.92. The second-order valence-corrected chi connectivity index (χ2v) is 8.26. The number of fused-ring (bicyclic) bond motifs is 1. The van der Waals surface area contributed by atoms with Gasteiger partial charge in [0.05, 0.1) is 16.9 Å². The van der Waals surface area contributed by atoms with Crippen molar-refractivity contribution in [3.63, 3.8) is 0 Å². The average molecular weight is 427 g/mol. The van der Waals surface area contributed by atoms with Crippen molar-refractivity contribution in [3.05, 3.63) is 59.5 Å². The molecule has 0 aliphatic carbocycles. The first-order valence-corrected chi connectivity index (χ1v) is 10.5. The first-order valence-electron chi connectivity index (χ1n) is 10.1. The van der Waals surface area contributed by atoms with Crippen molar-refractivity contribution < 1.29 is 9.18 Å². The van der Waals surface area contributed by atoms with Crippen LogP contribution in [0.15, 0.2) is 48.7 Å². The van der Waals surface area contributed by atoms with E-state index in [9.17, 15) is 9.18 Å². The van der Waals surface area contributed by atoms with Crippen LogP contribution in [0.2, 0.25) is 5.02 Å². The van der Waals surface area contributed by atoms with Crippen molar-refractivity contribution in [3.8, 4) is 0 Å². The lowest BCUT2D eigenvalue weighted by atomic mass is 9.84. The van der Waals surface area contributed by atoms with Gasteiger partial charge >= 0.3 is 0 Å². The molecule has 2 heterocycles. The Kier molecular flexibility index (Phi) is 5.77. The molecule has 5 nitrogen and oxygen atoms in total. The van der Waals surface area contributed by atoms with Gasteiger partial charge in [-0.15, -0.1) is 0 Å². The van der Waals surface area contributed by atoms with Gasteiger partial charge in [0.25, 0.3) is 0 Å². The van der Waals surface area contributed by atoms with Crippen LogP contribution in [-0.2, 0) is 4.79 Å². The molecule has 156 valence electrons. The first kappa shape index (κ1) is 20.4. The third kappa shape index (κ3) is 4.19. The number of pyridine rings is 1. The molecule has 1 atom stereocenters. The molecule has 0 saturated carbocycles. The second-order valence-electron chi connectivity index (χ2n) is 7.83. The van der Waals surface area contributed by atoms with Crippen LogP contribution in [-0.4, -0.2) is 24.0 Å². The number of nitrogens with two attached hydrogens (primary N) is 1. The third-order valence-electron chi connectivity index (χ3n) is 5.95. The Morgan fingerprint density at radius 2 is 2.00 bits per heavy atom. The summed E-state index contributed by atoms with van der Waals surface area (Å²) in [5.74, 6) is -0.189. The fourth-order valence-corrected chi connectivity index (χ4v) is 4.31. The lowest BCUT2D eigenvalue weighted by Crippen LogP contribution is -2.38. The van der Waals surface area contributed by atoms with Crippen molar-refractivity contribution in [2.24, 2.45) is 11.8 Å². The number of nitrogens with zero attached hydrogens (tertiary/aromatic N) is 2. The van der Waals surface area contributed by atoms with E-state index in [1.165, 1.54) is 12.1 Å². The normalized spacial score (nSPS) is 15.9. The molecule has 30 heavy (non-hydrogen) atoms. The molecule has 1 aliphatic rings. The fraction of sp³-hybridized carbons (Fsp3) is 0.304. The minimum atomic E-state index is -0.265. The van der Waals surface area contributed by atoms with E-state index in [-0.39, 0.29) is 23.6 Å². The Morgan fingerprint density at radius 1 is 1.23 bits per heavy atom. The number of hydrogen-bond donors (Lipinski definition) is 2. The zero-order valence-corrected chi connectivity index (χ0v) is 17.5. The minimum absolute atomic E-state index is 0.0427. The Bertz CT molecular complexity index is 1080. The standard InChI is InChI=1S/C23H24ClFN4O/c1-14(23(30)28-21-4-2-16(24)12-19(21)26)15-7-10-29(11-8-15)22-6-9-27-20-5-3-17(25)13-18(20)22/h2-6,9,12-15H,7-8,10-11,26H2,1H3,(H,28,30). The van der Waals surface area contributed by atoms with Crippen LogP contribution in [0, 0.1) is 17.7 Å². The molecule has 1 unspecified atom stereocenters. The van der Waals surface area contributed by atoms with Crippen molar-refractivity contribution in [2.45, 2.75) is 19.8 Å². The number of amides is 1. The largest absolute Gasteiger partial charge is 0.397 e. The van der Waals surface area contributed by atoms with Crippen molar-refractivity contribution in [1.29, 1.82) is 0 Å². The van der Waals surface area contributed by atoms with Gasteiger partial charge in [-0.1, -0.05) is 18.5 Å². The number of piperidine rings is 1. The van der Waals surface area contributed by atoms with Crippen LogP contribution < -0.4 is 16.0 Å². The van der Waals surface area contributed by atoms with Gasteiger partial charge in [-0.05, 0) is 61.2 Å². The summed E-state index contributed by atoms with van der Waals surface area (Å²) in [6, 6.07) is 11.7. The van der Waals surface area contributed by atoms with E-state index in [0.717, 1.165) is 42.5 Å². The van der Waals surface area contributed by atoms with E-state index < -0.39 is 0 Å². The van der Waals surface area contributed by atoms with Gasteiger partial charge in [0.1, 0.15) is 5.82 Å². The van der Waals surface area contributed by atoms with Crippen LogP contribution in [0.4, 0.5) is 21.5 Å². The molecule has 7 heteroatoms. The summed E-state index contributed by atoms with van der Waals surface area (Å²) in [7, 11) is 0. The van der Waals surface area contributed by atoms with Crippen molar-refractivity contribution in [1.82, 2.24) is 4.98 Å². The molecule has 3 N–H and O–H groups in total. The highest BCUT2D eigenvalue weighted by atomic mass is 35.5. The van der Waals surface area contributed by atoms with Gasteiger partial charge in [0, 0.05) is 41.3 Å². The number of nitrogens with one attached hydrogen (secondary N) is 1. The summed E-state index contributed by atoms with van der Waals surface area (Å²) in [5, 5.41) is 4.28. The highest BCUT2D eigenvalue weighted by Crippen LogP contribution is 2.33. The number of benzene rings is 2. The maximum Gasteiger partial charge on any atom is 0.227 e. The highest BCUT2D eigenvalue weighted by Gasteiger charge is 2.29. The second kappa shape index (κ2) is 8.48. The zero-order chi connectivity index (χ0) is 21.3. The molecule has 4 rings (SSSR count). The number of hydrogen-bond acceptors (Lipinski definition) is 4. The van der Waals surface area contributed by atoms with Crippen molar-refractivity contribution >= 4 is 45.5 Å². The summed E-state index contributed by atoms with van der Waals surface area (Å²) < 4.78 is 13.8. The highest BCUT2D eigenvalue weighted by molar-refractivity contribution is 6.31. The van der Waals surface area contributed by atoms with Crippen LogP contribution in [0.25, 0.3) is 10.9 Å². The zero-order valence-electron chi connectivity index (χ0n) is 16.7. The topological polar surface area (TPSA) is 71.2 Å². The maximum absolute atomic E-state index is 13.8. The van der Waals surface area contributed by atoms with E-state index in [2.05, 4.69) is 15.2 Å². The number of nitrogen functional groups attached to an aromatic ring is 1. The van der Waals surface area contributed by atoms with Gasteiger partial charge in [0.2, 0.25) is 5.91 Å². The van der Waals surface area contributed by atoms with Crippen LogP contribution in [0.1, 0.15) is 19.8 Å². The minimum Gasteiger partial charge on any atom is -0.397 e. The van der Waals surface area contributed by atoms with Gasteiger partial charge in [-0.3, -0.25) is 9.78 Å². The predicted octanol–water partition coefficient (Wildman–Crippen LogP) is 5.10. The lowest BCUT2D eigenvalue weighted by Gasteiger charge is -2.36. The average Bonchev–Trinajstić information content (AvgIpc) is 2.75. The van der Waals surface area contributed by atoms with Crippen LogP contribution in [0.5, 0.6) is 0 Å². The Balaban J connectivity index is 1.42. The number of aromatic nitrogens is 1. The van der Waals surface area contributed by atoms with Gasteiger partial charge in [0.15, 0.2) is 0 Å². The Labute approximate surface area is 180 Å². The molecule has 2 aromatic carbocycles. The molecule has 0 radical (unpaired) electrons. The van der Waals surface area contributed by atoms with E-state index in [1.54, 1.807) is 30.5 Å². The molecular weight excluding hydrogens is 403 g/mol. The monoisotopic (exact) mass is 426 g/mol. The van der Waals surface area contributed by atoms with E-state index in [4.69, 9.17) is 17.3 Å². The fourth-order valence-electron chi connectivity index (χ4n) is 4.13. The van der Waals surface area contributed by atoms with Gasteiger partial charge in [-0.2, -0.15) is 0 Å². The summed E-state index contributed by atoms with van der Waals surface area (Å²) in [4.78, 5) is 19.3. The molecule has 0 bridgehead atoms. The quantitative estimate of drug-likeness (QED) is 0.569.